The Hall–Kier alpha value is -5.36. The molecule has 0 saturated carbocycles. The summed E-state index contributed by atoms with van der Waals surface area (Å²) in [6.07, 6.45) is 3.86. The largest absolute Gasteiger partial charge is 0.496 e. The molecular weight excluding hydrogens is 540 g/mol. The molecule has 1 aliphatic carbocycles. The number of benzene rings is 6. The van der Waals surface area contributed by atoms with Crippen LogP contribution in [0.3, 0.4) is 0 Å². The van der Waals surface area contributed by atoms with Gasteiger partial charge in [0.1, 0.15) is 22.6 Å². The minimum atomic E-state index is -0.586. The van der Waals surface area contributed by atoms with Gasteiger partial charge in [-0.25, -0.2) is 4.79 Å². The summed E-state index contributed by atoms with van der Waals surface area (Å²) < 4.78 is 22.2. The van der Waals surface area contributed by atoms with E-state index in [9.17, 15) is 9.59 Å². The van der Waals surface area contributed by atoms with E-state index in [1.165, 1.54) is 43.1 Å². The first-order valence-corrected chi connectivity index (χ1v) is 14.4. The molecule has 7 aromatic rings. The minimum absolute atomic E-state index is 0.128. The van der Waals surface area contributed by atoms with Gasteiger partial charge in [0.2, 0.25) is 0 Å². The molecule has 0 N–H and O–H groups in total. The minimum Gasteiger partial charge on any atom is -0.496 e. The van der Waals surface area contributed by atoms with Crippen molar-refractivity contribution in [2.24, 2.45) is 0 Å². The lowest BCUT2D eigenvalue weighted by Crippen LogP contribution is -2.14. The molecule has 2 unspecified atom stereocenters. The second kappa shape index (κ2) is 8.82. The van der Waals surface area contributed by atoms with Crippen LogP contribution in [0.2, 0.25) is 0 Å². The molecule has 0 amide bonds. The van der Waals surface area contributed by atoms with Gasteiger partial charge in [0.25, 0.3) is 6.29 Å². The Balaban J connectivity index is 0.000000122. The fourth-order valence-corrected chi connectivity index (χ4v) is 7.21. The normalized spacial score (nSPS) is 18.1. The van der Waals surface area contributed by atoms with Crippen molar-refractivity contribution in [2.75, 3.05) is 7.11 Å². The molecule has 3 aliphatic rings. The SMILES string of the molecule is COc1cc2c(c3oc(=O)c4c(c13)CCC4=O)C1C=COC1O2.c1ccc2c(c1)cc1ccc3cccc4ccc2c1c34. The molecule has 6 nitrogen and oxygen atoms in total. The third-order valence-electron chi connectivity index (χ3n) is 9.09. The van der Waals surface area contributed by atoms with Gasteiger partial charge >= 0.3 is 5.63 Å². The van der Waals surface area contributed by atoms with Gasteiger partial charge in [0, 0.05) is 12.5 Å². The third kappa shape index (κ3) is 3.35. The van der Waals surface area contributed by atoms with E-state index in [4.69, 9.17) is 18.6 Å². The van der Waals surface area contributed by atoms with E-state index in [0.29, 0.717) is 40.9 Å². The fourth-order valence-electron chi connectivity index (χ4n) is 7.21. The van der Waals surface area contributed by atoms with E-state index in [2.05, 4.69) is 72.8 Å². The Labute approximate surface area is 245 Å². The lowest BCUT2D eigenvalue weighted by Gasteiger charge is -2.12. The molecule has 208 valence electrons. The molecule has 0 radical (unpaired) electrons. The Morgan fingerprint density at radius 2 is 1.56 bits per heavy atom. The quantitative estimate of drug-likeness (QED) is 0.114. The summed E-state index contributed by atoms with van der Waals surface area (Å²) in [5, 5.41) is 11.5. The average Bonchev–Trinajstić information content (AvgIpc) is 3.74. The summed E-state index contributed by atoms with van der Waals surface area (Å²) >= 11 is 0. The van der Waals surface area contributed by atoms with Crippen LogP contribution in [0.15, 0.2) is 100 Å². The molecule has 43 heavy (non-hydrogen) atoms. The number of hydrogen-bond donors (Lipinski definition) is 0. The Bertz CT molecular complexity index is 2380. The van der Waals surface area contributed by atoms with Crippen molar-refractivity contribution in [3.63, 3.8) is 0 Å². The molecule has 10 rings (SSSR count). The highest BCUT2D eigenvalue weighted by Crippen LogP contribution is 2.50. The number of methoxy groups -OCH3 is 1. The third-order valence-corrected chi connectivity index (χ3v) is 9.09. The summed E-state index contributed by atoms with van der Waals surface area (Å²) in [4.78, 5) is 24.3. The van der Waals surface area contributed by atoms with Crippen molar-refractivity contribution in [3.8, 4) is 11.5 Å². The number of carbonyl (C=O) groups is 1. The van der Waals surface area contributed by atoms with E-state index in [-0.39, 0.29) is 17.3 Å². The summed E-state index contributed by atoms with van der Waals surface area (Å²) in [6, 6.07) is 28.3. The van der Waals surface area contributed by atoms with Crippen LogP contribution in [0.5, 0.6) is 11.5 Å². The summed E-state index contributed by atoms with van der Waals surface area (Å²) in [5.74, 6) is 0.826. The standard InChI is InChI=1S/C20H12.C17H12O6/c1-2-7-17-15(4-1)12-16-9-8-13-5-3-6-14-10-11-18(17)20(16)19(13)14;1-20-10-6-11-14(8-4-5-21-17(8)22-11)15-13(10)7-2-3-9(18)12(7)16(19)23-15/h1-12H;4-6,8,17H,2-3H2,1H3. The number of carbonyl (C=O) groups excluding carboxylic acids is 1. The molecule has 6 aromatic carbocycles. The van der Waals surface area contributed by atoms with Crippen molar-refractivity contribution in [1.29, 1.82) is 0 Å². The van der Waals surface area contributed by atoms with Crippen LogP contribution in [-0.4, -0.2) is 19.2 Å². The molecule has 0 saturated heterocycles. The van der Waals surface area contributed by atoms with Crippen molar-refractivity contribution < 1.29 is 23.4 Å². The summed E-state index contributed by atoms with van der Waals surface area (Å²) in [6.45, 7) is 0. The zero-order valence-corrected chi connectivity index (χ0v) is 23.2. The van der Waals surface area contributed by atoms with E-state index in [0.717, 1.165) is 5.56 Å². The van der Waals surface area contributed by atoms with Gasteiger partial charge < -0.3 is 18.6 Å². The maximum atomic E-state index is 12.3. The van der Waals surface area contributed by atoms with Gasteiger partial charge in [-0.3, -0.25) is 4.79 Å². The van der Waals surface area contributed by atoms with Gasteiger partial charge in [-0.2, -0.15) is 0 Å². The number of hydrogen-bond acceptors (Lipinski definition) is 6. The van der Waals surface area contributed by atoms with Crippen LogP contribution in [-0.2, 0) is 11.2 Å². The van der Waals surface area contributed by atoms with Crippen LogP contribution in [0, 0.1) is 0 Å². The molecule has 3 heterocycles. The van der Waals surface area contributed by atoms with Gasteiger partial charge in [-0.05, 0) is 67.2 Å². The maximum absolute atomic E-state index is 12.3. The highest BCUT2D eigenvalue weighted by atomic mass is 16.7. The number of Topliss-reactive ketones (excluding diaryl/α,β-unsaturated/α-hetero) is 1. The molecular formula is C37H24O6. The molecule has 6 heteroatoms. The smallest absolute Gasteiger partial charge is 0.347 e. The lowest BCUT2D eigenvalue weighted by molar-refractivity contribution is -0.00485. The Morgan fingerprint density at radius 3 is 2.42 bits per heavy atom. The predicted molar refractivity (Wildman–Crippen MR) is 167 cm³/mol. The second-order valence-corrected chi connectivity index (χ2v) is 11.3. The first kappa shape index (κ1) is 24.3. The second-order valence-electron chi connectivity index (χ2n) is 11.3. The number of aryl methyl sites for hydroxylation is 1. The van der Waals surface area contributed by atoms with E-state index in [1.807, 2.05) is 6.08 Å². The van der Waals surface area contributed by atoms with Gasteiger partial charge in [0.15, 0.2) is 5.78 Å². The predicted octanol–water partition coefficient (Wildman–Crippen LogP) is 8.01. The van der Waals surface area contributed by atoms with Crippen molar-refractivity contribution >= 4 is 59.8 Å². The highest BCUT2D eigenvalue weighted by Gasteiger charge is 2.41. The fraction of sp³-hybridized carbons (Fsp3) is 0.135. The van der Waals surface area contributed by atoms with Gasteiger partial charge in [-0.1, -0.05) is 66.7 Å². The summed E-state index contributed by atoms with van der Waals surface area (Å²) in [7, 11) is 1.54. The molecule has 0 spiro atoms. The average molecular weight is 565 g/mol. The number of ether oxygens (including phenoxy) is 3. The molecule has 0 fully saturated rings. The lowest BCUT2D eigenvalue weighted by atomic mass is 9.91. The maximum Gasteiger partial charge on any atom is 0.347 e. The van der Waals surface area contributed by atoms with Crippen LogP contribution < -0.4 is 15.1 Å². The number of fused-ring (bicyclic) bond motifs is 9. The van der Waals surface area contributed by atoms with Crippen LogP contribution in [0.4, 0.5) is 0 Å². The monoisotopic (exact) mass is 564 g/mol. The van der Waals surface area contributed by atoms with Gasteiger partial charge in [0.05, 0.1) is 30.2 Å². The van der Waals surface area contributed by atoms with Crippen LogP contribution >= 0.6 is 0 Å². The zero-order valence-electron chi connectivity index (χ0n) is 23.2. The zero-order chi connectivity index (χ0) is 28.8. The van der Waals surface area contributed by atoms with Crippen LogP contribution in [0.25, 0.3) is 54.1 Å². The van der Waals surface area contributed by atoms with Crippen molar-refractivity contribution in [1.82, 2.24) is 0 Å². The van der Waals surface area contributed by atoms with Crippen molar-refractivity contribution in [2.45, 2.75) is 25.0 Å². The molecule has 2 atom stereocenters. The number of rotatable bonds is 1. The Morgan fingerprint density at radius 1 is 0.767 bits per heavy atom. The summed E-state index contributed by atoms with van der Waals surface area (Å²) in [5.41, 5.74) is 1.49. The molecule has 1 aromatic heterocycles. The molecule has 0 bridgehead atoms. The van der Waals surface area contributed by atoms with Crippen molar-refractivity contribution in [3.05, 3.63) is 118 Å². The topological polar surface area (TPSA) is 75.0 Å². The van der Waals surface area contributed by atoms with Crippen LogP contribution in [0.1, 0.15) is 33.8 Å². The highest BCUT2D eigenvalue weighted by molar-refractivity contribution is 6.28. The molecule has 2 aliphatic heterocycles. The van der Waals surface area contributed by atoms with E-state index in [1.54, 1.807) is 19.4 Å². The number of ketones is 1. The Kier molecular flexibility index (Phi) is 4.98. The van der Waals surface area contributed by atoms with E-state index >= 15 is 0 Å². The van der Waals surface area contributed by atoms with E-state index < -0.39 is 11.9 Å². The van der Waals surface area contributed by atoms with Gasteiger partial charge in [-0.15, -0.1) is 0 Å². The first-order valence-electron chi connectivity index (χ1n) is 14.4. The first-order chi connectivity index (χ1) is 21.1.